The second-order valence-corrected chi connectivity index (χ2v) is 4.82. The van der Waals surface area contributed by atoms with Crippen LogP contribution in [-0.2, 0) is 0 Å². The largest absolute Gasteiger partial charge is 0.466 e. The van der Waals surface area contributed by atoms with Gasteiger partial charge in [0, 0.05) is 13.1 Å². The van der Waals surface area contributed by atoms with Gasteiger partial charge >= 0.3 is 0 Å². The fourth-order valence-electron chi connectivity index (χ4n) is 2.46. The molecule has 1 aromatic heterocycles. The molecule has 0 spiro atoms. The Hall–Kier alpha value is -1.29. The molecule has 2 heterocycles. The summed E-state index contributed by atoms with van der Waals surface area (Å²) in [6, 6.07) is 1.82. The van der Waals surface area contributed by atoms with Crippen molar-refractivity contribution in [3.63, 3.8) is 0 Å². The van der Waals surface area contributed by atoms with Crippen molar-refractivity contribution in [2.24, 2.45) is 11.7 Å². The van der Waals surface area contributed by atoms with Crippen LogP contribution in [0.1, 0.15) is 34.7 Å². The molecule has 94 valence electrons. The number of amides is 1. The second kappa shape index (κ2) is 4.92. The topological polar surface area (TPSA) is 59.5 Å². The average molecular weight is 236 g/mol. The summed E-state index contributed by atoms with van der Waals surface area (Å²) in [5.41, 5.74) is 6.38. The maximum absolute atomic E-state index is 12.3. The fourth-order valence-corrected chi connectivity index (χ4v) is 2.46. The van der Waals surface area contributed by atoms with Crippen LogP contribution >= 0.6 is 0 Å². The lowest BCUT2D eigenvalue weighted by atomic mass is 9.97. The summed E-state index contributed by atoms with van der Waals surface area (Å²) < 4.78 is 5.41. The van der Waals surface area contributed by atoms with Gasteiger partial charge in [-0.1, -0.05) is 0 Å². The maximum Gasteiger partial charge on any atom is 0.257 e. The Morgan fingerprint density at radius 2 is 2.35 bits per heavy atom. The monoisotopic (exact) mass is 236 g/mol. The summed E-state index contributed by atoms with van der Waals surface area (Å²) in [5, 5.41) is 0. The van der Waals surface area contributed by atoms with Crippen LogP contribution in [0.15, 0.2) is 10.5 Å². The van der Waals surface area contributed by atoms with Gasteiger partial charge in [-0.15, -0.1) is 0 Å². The van der Waals surface area contributed by atoms with Crippen LogP contribution in [0.2, 0.25) is 0 Å². The lowest BCUT2D eigenvalue weighted by Gasteiger charge is -2.32. The average Bonchev–Trinajstić information content (AvgIpc) is 2.67. The van der Waals surface area contributed by atoms with Crippen molar-refractivity contribution in [2.45, 2.75) is 26.7 Å². The van der Waals surface area contributed by atoms with Crippen molar-refractivity contribution in [1.82, 2.24) is 4.90 Å². The highest BCUT2D eigenvalue weighted by Gasteiger charge is 2.25. The van der Waals surface area contributed by atoms with Gasteiger partial charge in [-0.05, 0) is 45.2 Å². The first-order valence-electron chi connectivity index (χ1n) is 6.18. The Morgan fingerprint density at radius 3 is 2.94 bits per heavy atom. The number of aryl methyl sites for hydroxylation is 2. The highest BCUT2D eigenvalue weighted by molar-refractivity contribution is 5.95. The van der Waals surface area contributed by atoms with Crippen molar-refractivity contribution >= 4 is 5.91 Å². The van der Waals surface area contributed by atoms with E-state index < -0.39 is 0 Å². The van der Waals surface area contributed by atoms with Gasteiger partial charge in [-0.2, -0.15) is 0 Å². The van der Waals surface area contributed by atoms with E-state index in [0.29, 0.717) is 23.8 Å². The number of carbonyl (C=O) groups excluding carboxylic acids is 1. The van der Waals surface area contributed by atoms with Crippen LogP contribution in [-0.4, -0.2) is 30.4 Å². The molecule has 1 aromatic rings. The summed E-state index contributed by atoms with van der Waals surface area (Å²) in [4.78, 5) is 14.2. The van der Waals surface area contributed by atoms with Gasteiger partial charge in [-0.25, -0.2) is 0 Å². The van der Waals surface area contributed by atoms with Crippen molar-refractivity contribution < 1.29 is 9.21 Å². The van der Waals surface area contributed by atoms with Crippen molar-refractivity contribution in [3.8, 4) is 0 Å². The zero-order chi connectivity index (χ0) is 12.4. The molecule has 1 aliphatic rings. The van der Waals surface area contributed by atoms with Gasteiger partial charge in [0.25, 0.3) is 5.91 Å². The molecule has 1 saturated heterocycles. The third kappa shape index (κ3) is 2.52. The van der Waals surface area contributed by atoms with Gasteiger partial charge < -0.3 is 15.1 Å². The summed E-state index contributed by atoms with van der Waals surface area (Å²) in [7, 11) is 0. The van der Waals surface area contributed by atoms with Gasteiger partial charge in [-0.3, -0.25) is 4.79 Å². The van der Waals surface area contributed by atoms with E-state index in [1.165, 1.54) is 0 Å². The van der Waals surface area contributed by atoms with Crippen molar-refractivity contribution in [1.29, 1.82) is 0 Å². The molecule has 0 unspecified atom stereocenters. The third-order valence-corrected chi connectivity index (χ3v) is 3.41. The summed E-state index contributed by atoms with van der Waals surface area (Å²) >= 11 is 0. The standard InChI is InChI=1S/C13H20N2O2/c1-9-6-12(10(2)17-9)13(16)15-5-3-4-11(7-14)8-15/h6,11H,3-5,7-8,14H2,1-2H3/t11-/m1/s1. The van der Waals surface area contributed by atoms with E-state index in [-0.39, 0.29) is 5.91 Å². The molecule has 0 bridgehead atoms. The molecule has 1 atom stereocenters. The minimum Gasteiger partial charge on any atom is -0.466 e. The molecule has 1 fully saturated rings. The molecule has 1 amide bonds. The SMILES string of the molecule is Cc1cc(C(=O)N2CCC[C@H](CN)C2)c(C)o1. The van der Waals surface area contributed by atoms with Gasteiger partial charge in [0.2, 0.25) is 0 Å². The second-order valence-electron chi connectivity index (χ2n) is 4.82. The molecule has 0 saturated carbocycles. The zero-order valence-electron chi connectivity index (χ0n) is 10.5. The van der Waals surface area contributed by atoms with Crippen molar-refractivity contribution in [3.05, 3.63) is 23.2 Å². The molecule has 0 radical (unpaired) electrons. The lowest BCUT2D eigenvalue weighted by Crippen LogP contribution is -2.42. The van der Waals surface area contributed by atoms with Crippen LogP contribution in [0.4, 0.5) is 0 Å². The molecule has 4 nitrogen and oxygen atoms in total. The highest BCUT2D eigenvalue weighted by atomic mass is 16.3. The number of hydrogen-bond acceptors (Lipinski definition) is 3. The van der Waals surface area contributed by atoms with E-state index in [0.717, 1.165) is 31.7 Å². The Balaban J connectivity index is 2.12. The normalized spacial score (nSPS) is 20.6. The smallest absolute Gasteiger partial charge is 0.257 e. The van der Waals surface area contributed by atoms with Gasteiger partial charge in [0.05, 0.1) is 5.56 Å². The number of rotatable bonds is 2. The molecule has 0 aromatic carbocycles. The molecule has 2 rings (SSSR count). The number of carbonyl (C=O) groups is 1. The number of likely N-dealkylation sites (tertiary alicyclic amines) is 1. The molecular weight excluding hydrogens is 216 g/mol. The predicted molar refractivity (Wildman–Crippen MR) is 65.9 cm³/mol. The minimum atomic E-state index is 0.0810. The van der Waals surface area contributed by atoms with Crippen LogP contribution in [0.5, 0.6) is 0 Å². The van der Waals surface area contributed by atoms with Crippen LogP contribution in [0.25, 0.3) is 0 Å². The number of furan rings is 1. The van der Waals surface area contributed by atoms with E-state index >= 15 is 0 Å². The van der Waals surface area contributed by atoms with Gasteiger partial charge in [0.1, 0.15) is 11.5 Å². The summed E-state index contributed by atoms with van der Waals surface area (Å²) in [6.45, 7) is 5.97. The molecule has 1 aliphatic heterocycles. The Kier molecular flexibility index (Phi) is 3.52. The Morgan fingerprint density at radius 1 is 1.59 bits per heavy atom. The molecule has 17 heavy (non-hydrogen) atoms. The zero-order valence-corrected chi connectivity index (χ0v) is 10.5. The molecular formula is C13H20N2O2. The van der Waals surface area contributed by atoms with Crippen LogP contribution in [0.3, 0.4) is 0 Å². The predicted octanol–water partition coefficient (Wildman–Crippen LogP) is 1.71. The Bertz CT molecular complexity index is 412. The van der Waals surface area contributed by atoms with E-state index in [9.17, 15) is 4.79 Å². The lowest BCUT2D eigenvalue weighted by molar-refractivity contribution is 0.0676. The maximum atomic E-state index is 12.3. The Labute approximate surface area is 102 Å². The molecule has 4 heteroatoms. The van der Waals surface area contributed by atoms with E-state index in [1.54, 1.807) is 0 Å². The number of piperidine rings is 1. The molecule has 2 N–H and O–H groups in total. The summed E-state index contributed by atoms with van der Waals surface area (Å²) in [6.07, 6.45) is 2.17. The first kappa shape index (κ1) is 12.2. The first-order valence-corrected chi connectivity index (χ1v) is 6.18. The quantitative estimate of drug-likeness (QED) is 0.850. The van der Waals surface area contributed by atoms with Crippen LogP contribution < -0.4 is 5.73 Å². The first-order chi connectivity index (χ1) is 8.11. The van der Waals surface area contributed by atoms with Crippen molar-refractivity contribution in [2.75, 3.05) is 19.6 Å². The van der Waals surface area contributed by atoms with Gasteiger partial charge in [0.15, 0.2) is 0 Å². The van der Waals surface area contributed by atoms with E-state index in [4.69, 9.17) is 10.2 Å². The van der Waals surface area contributed by atoms with E-state index in [2.05, 4.69) is 0 Å². The third-order valence-electron chi connectivity index (χ3n) is 3.41. The number of nitrogens with zero attached hydrogens (tertiary/aromatic N) is 1. The van der Waals surface area contributed by atoms with E-state index in [1.807, 2.05) is 24.8 Å². The highest BCUT2D eigenvalue weighted by Crippen LogP contribution is 2.21. The van der Waals surface area contributed by atoms with Crippen LogP contribution in [0, 0.1) is 19.8 Å². The number of nitrogens with two attached hydrogens (primary N) is 1. The fraction of sp³-hybridized carbons (Fsp3) is 0.615. The number of hydrogen-bond donors (Lipinski definition) is 1. The summed E-state index contributed by atoms with van der Waals surface area (Å²) in [5.74, 6) is 2.03. The molecule has 0 aliphatic carbocycles. The minimum absolute atomic E-state index is 0.0810.